The molecule has 1 atom stereocenters. The summed E-state index contributed by atoms with van der Waals surface area (Å²) in [6, 6.07) is 0. The fourth-order valence-electron chi connectivity index (χ4n) is 1.15. The number of ketones is 1. The van der Waals surface area contributed by atoms with Gasteiger partial charge in [0.1, 0.15) is 5.78 Å². The van der Waals surface area contributed by atoms with Crippen LogP contribution in [0.4, 0.5) is 0 Å². The molecule has 2 N–H and O–H groups in total. The van der Waals surface area contributed by atoms with Gasteiger partial charge in [0.2, 0.25) is 5.91 Å². The normalized spacial score (nSPS) is 12.8. The van der Waals surface area contributed by atoms with Crippen molar-refractivity contribution in [2.75, 3.05) is 0 Å². The SMILES string of the molecule is CCC=CCC(CC(C)=O)C(=O)NO. The Hall–Kier alpha value is -1.16. The van der Waals surface area contributed by atoms with Gasteiger partial charge in [-0.3, -0.25) is 10.0 Å². The van der Waals surface area contributed by atoms with Gasteiger partial charge in [0, 0.05) is 6.42 Å². The predicted molar refractivity (Wildman–Crippen MR) is 52.8 cm³/mol. The fourth-order valence-corrected chi connectivity index (χ4v) is 1.15. The molecule has 0 aliphatic rings. The van der Waals surface area contributed by atoms with E-state index < -0.39 is 11.8 Å². The van der Waals surface area contributed by atoms with E-state index in [-0.39, 0.29) is 12.2 Å². The maximum atomic E-state index is 11.1. The van der Waals surface area contributed by atoms with Crippen LogP contribution in [0.25, 0.3) is 0 Å². The highest BCUT2D eigenvalue weighted by molar-refractivity contribution is 5.85. The third-order valence-electron chi connectivity index (χ3n) is 1.84. The van der Waals surface area contributed by atoms with Crippen LogP contribution in [-0.4, -0.2) is 16.9 Å². The quantitative estimate of drug-likeness (QED) is 0.386. The molecule has 0 fully saturated rings. The number of hydrogen-bond donors (Lipinski definition) is 2. The summed E-state index contributed by atoms with van der Waals surface area (Å²) in [4.78, 5) is 21.9. The Morgan fingerprint density at radius 3 is 2.50 bits per heavy atom. The van der Waals surface area contributed by atoms with E-state index in [1.54, 1.807) is 5.48 Å². The number of rotatable bonds is 6. The van der Waals surface area contributed by atoms with E-state index in [1.165, 1.54) is 6.92 Å². The highest BCUT2D eigenvalue weighted by Gasteiger charge is 2.17. The van der Waals surface area contributed by atoms with Gasteiger partial charge in [-0.2, -0.15) is 0 Å². The first-order valence-electron chi connectivity index (χ1n) is 4.70. The summed E-state index contributed by atoms with van der Waals surface area (Å²) >= 11 is 0. The molecule has 0 saturated carbocycles. The number of hydrogen-bond acceptors (Lipinski definition) is 3. The molecule has 0 aliphatic heterocycles. The van der Waals surface area contributed by atoms with Crippen LogP contribution in [0, 0.1) is 5.92 Å². The minimum absolute atomic E-state index is 0.0523. The number of allylic oxidation sites excluding steroid dienone is 2. The molecule has 0 aromatic carbocycles. The van der Waals surface area contributed by atoms with Crippen LogP contribution in [0.3, 0.4) is 0 Å². The maximum Gasteiger partial charge on any atom is 0.247 e. The van der Waals surface area contributed by atoms with Gasteiger partial charge < -0.3 is 4.79 Å². The zero-order valence-corrected chi connectivity index (χ0v) is 8.62. The van der Waals surface area contributed by atoms with Crippen molar-refractivity contribution >= 4 is 11.7 Å². The number of carbonyl (C=O) groups excluding carboxylic acids is 2. The Morgan fingerprint density at radius 1 is 1.43 bits per heavy atom. The van der Waals surface area contributed by atoms with Crippen LogP contribution in [0.15, 0.2) is 12.2 Å². The molecular formula is C10H17NO3. The Balaban J connectivity index is 4.17. The summed E-state index contributed by atoms with van der Waals surface area (Å²) in [5.41, 5.74) is 1.57. The van der Waals surface area contributed by atoms with Gasteiger partial charge in [0.25, 0.3) is 0 Å². The van der Waals surface area contributed by atoms with Crippen LogP contribution in [0.5, 0.6) is 0 Å². The second kappa shape index (κ2) is 7.26. The van der Waals surface area contributed by atoms with E-state index in [0.717, 1.165) is 6.42 Å². The Bertz CT molecular complexity index is 223. The molecule has 0 aromatic rings. The fraction of sp³-hybridized carbons (Fsp3) is 0.600. The van der Waals surface area contributed by atoms with Gasteiger partial charge in [0.05, 0.1) is 5.92 Å². The third kappa shape index (κ3) is 5.48. The van der Waals surface area contributed by atoms with Crippen molar-refractivity contribution in [1.29, 1.82) is 0 Å². The Labute approximate surface area is 84.0 Å². The Morgan fingerprint density at radius 2 is 2.07 bits per heavy atom. The zero-order chi connectivity index (χ0) is 11.0. The standard InChI is InChI=1S/C10H17NO3/c1-3-4-5-6-9(7-8(2)12)10(13)11-14/h4-5,9,14H,3,6-7H2,1-2H3,(H,11,13). The van der Waals surface area contributed by atoms with Crippen molar-refractivity contribution in [2.45, 2.75) is 33.1 Å². The van der Waals surface area contributed by atoms with Crippen LogP contribution in [-0.2, 0) is 9.59 Å². The molecule has 80 valence electrons. The van der Waals surface area contributed by atoms with E-state index >= 15 is 0 Å². The summed E-state index contributed by atoms with van der Waals surface area (Å²) in [7, 11) is 0. The second-order valence-corrected chi connectivity index (χ2v) is 3.19. The van der Waals surface area contributed by atoms with Crippen molar-refractivity contribution in [2.24, 2.45) is 5.92 Å². The van der Waals surface area contributed by atoms with Crippen molar-refractivity contribution in [3.05, 3.63) is 12.2 Å². The molecule has 0 aliphatic carbocycles. The molecule has 0 saturated heterocycles. The summed E-state index contributed by atoms with van der Waals surface area (Å²) in [5.74, 6) is -1.01. The topological polar surface area (TPSA) is 66.4 Å². The molecule has 1 amide bonds. The average molecular weight is 199 g/mol. The molecule has 0 spiro atoms. The third-order valence-corrected chi connectivity index (χ3v) is 1.84. The van der Waals surface area contributed by atoms with Crippen LogP contribution < -0.4 is 5.48 Å². The number of hydroxylamine groups is 1. The predicted octanol–water partition coefficient (Wildman–Crippen LogP) is 1.44. The Kier molecular flexibility index (Phi) is 6.66. The molecular weight excluding hydrogens is 182 g/mol. The largest absolute Gasteiger partial charge is 0.300 e. The minimum atomic E-state index is -0.499. The van der Waals surface area contributed by atoms with Gasteiger partial charge >= 0.3 is 0 Å². The molecule has 0 radical (unpaired) electrons. The summed E-state index contributed by atoms with van der Waals surface area (Å²) in [6.45, 7) is 3.42. The van der Waals surface area contributed by atoms with Gasteiger partial charge in [-0.15, -0.1) is 0 Å². The van der Waals surface area contributed by atoms with Gasteiger partial charge in [-0.1, -0.05) is 19.1 Å². The summed E-state index contributed by atoms with van der Waals surface area (Å²) in [6.07, 6.45) is 5.33. The highest BCUT2D eigenvalue weighted by Crippen LogP contribution is 2.10. The molecule has 0 aromatic heterocycles. The van der Waals surface area contributed by atoms with E-state index in [4.69, 9.17) is 5.21 Å². The second-order valence-electron chi connectivity index (χ2n) is 3.19. The molecule has 0 heterocycles. The lowest BCUT2D eigenvalue weighted by Crippen LogP contribution is -2.28. The van der Waals surface area contributed by atoms with Crippen molar-refractivity contribution < 1.29 is 14.8 Å². The van der Waals surface area contributed by atoms with Crippen molar-refractivity contribution in [1.82, 2.24) is 5.48 Å². The lowest BCUT2D eigenvalue weighted by atomic mass is 9.98. The van der Waals surface area contributed by atoms with E-state index in [0.29, 0.717) is 6.42 Å². The molecule has 0 bridgehead atoms. The van der Waals surface area contributed by atoms with E-state index in [2.05, 4.69) is 0 Å². The van der Waals surface area contributed by atoms with Crippen molar-refractivity contribution in [3.63, 3.8) is 0 Å². The molecule has 4 heteroatoms. The first-order chi connectivity index (χ1) is 6.61. The smallest absolute Gasteiger partial charge is 0.247 e. The van der Waals surface area contributed by atoms with Gasteiger partial charge in [-0.05, 0) is 19.8 Å². The number of Topliss-reactive ketones (excluding diaryl/α,β-unsaturated/α-hetero) is 1. The lowest BCUT2D eigenvalue weighted by molar-refractivity contribution is -0.135. The first kappa shape index (κ1) is 12.8. The summed E-state index contributed by atoms with van der Waals surface area (Å²) < 4.78 is 0. The average Bonchev–Trinajstić information content (AvgIpc) is 2.15. The van der Waals surface area contributed by atoms with Crippen molar-refractivity contribution in [3.8, 4) is 0 Å². The number of carbonyl (C=O) groups is 2. The summed E-state index contributed by atoms with van der Waals surface area (Å²) in [5, 5.41) is 8.44. The van der Waals surface area contributed by atoms with E-state index in [9.17, 15) is 9.59 Å². The maximum absolute atomic E-state index is 11.1. The number of nitrogens with one attached hydrogen (secondary N) is 1. The van der Waals surface area contributed by atoms with Crippen LogP contribution >= 0.6 is 0 Å². The first-order valence-corrected chi connectivity index (χ1v) is 4.70. The van der Waals surface area contributed by atoms with Crippen LogP contribution in [0.2, 0.25) is 0 Å². The zero-order valence-electron chi connectivity index (χ0n) is 8.62. The molecule has 14 heavy (non-hydrogen) atoms. The van der Waals surface area contributed by atoms with Gasteiger partial charge in [0.15, 0.2) is 0 Å². The minimum Gasteiger partial charge on any atom is -0.300 e. The van der Waals surface area contributed by atoms with E-state index in [1.807, 2.05) is 19.1 Å². The number of amides is 1. The van der Waals surface area contributed by atoms with Gasteiger partial charge in [-0.25, -0.2) is 5.48 Å². The van der Waals surface area contributed by atoms with Crippen LogP contribution in [0.1, 0.15) is 33.1 Å². The monoisotopic (exact) mass is 199 g/mol. The molecule has 1 unspecified atom stereocenters. The highest BCUT2D eigenvalue weighted by atomic mass is 16.5. The molecule has 0 rings (SSSR count). The molecule has 4 nitrogen and oxygen atoms in total. The lowest BCUT2D eigenvalue weighted by Gasteiger charge is -2.10.